The van der Waals surface area contributed by atoms with E-state index in [0.29, 0.717) is 0 Å². The highest BCUT2D eigenvalue weighted by Crippen LogP contribution is 2.39. The van der Waals surface area contributed by atoms with Crippen molar-refractivity contribution in [3.63, 3.8) is 0 Å². The molecule has 0 N–H and O–H groups in total. The van der Waals surface area contributed by atoms with Gasteiger partial charge in [0.25, 0.3) is 0 Å². The number of carbonyl (C=O) groups excluding carboxylic acids is 1. The molecule has 1 nitrogen and oxygen atoms in total. The summed E-state index contributed by atoms with van der Waals surface area (Å²) in [5.41, 5.74) is 1.06. The molecule has 0 saturated heterocycles. The van der Waals surface area contributed by atoms with Crippen LogP contribution in [-0.2, 0) is 4.79 Å². The number of hydrogen-bond donors (Lipinski definition) is 0. The fraction of sp³-hybridized carbons (Fsp3) is 0.417. The molecule has 0 aromatic heterocycles. The molecule has 2 rings (SSSR count). The van der Waals surface area contributed by atoms with E-state index in [4.69, 9.17) is 11.6 Å². The first-order valence-corrected chi connectivity index (χ1v) is 5.39. The van der Waals surface area contributed by atoms with E-state index in [2.05, 4.69) is 0 Å². The summed E-state index contributed by atoms with van der Waals surface area (Å²) in [6.07, 6.45) is 3.44. The van der Waals surface area contributed by atoms with E-state index >= 15 is 0 Å². The summed E-state index contributed by atoms with van der Waals surface area (Å²) in [5, 5.41) is -0.219. The molecule has 1 saturated carbocycles. The fourth-order valence-corrected chi connectivity index (χ4v) is 1.95. The third-order valence-corrected chi connectivity index (χ3v) is 3.01. The van der Waals surface area contributed by atoms with E-state index in [1.807, 2.05) is 30.3 Å². The third-order valence-electron chi connectivity index (χ3n) is 2.74. The van der Waals surface area contributed by atoms with Crippen LogP contribution in [0.5, 0.6) is 0 Å². The van der Waals surface area contributed by atoms with Crippen molar-refractivity contribution in [1.29, 1.82) is 0 Å². The van der Waals surface area contributed by atoms with Crippen LogP contribution in [0.1, 0.15) is 30.7 Å². The van der Waals surface area contributed by atoms with Gasteiger partial charge in [-0.3, -0.25) is 4.79 Å². The van der Waals surface area contributed by atoms with E-state index in [9.17, 15) is 4.79 Å². The first-order chi connectivity index (χ1) is 6.77. The van der Waals surface area contributed by atoms with Crippen LogP contribution in [0.25, 0.3) is 0 Å². The van der Waals surface area contributed by atoms with E-state index in [0.717, 1.165) is 17.9 Å². The standard InChI is InChI=1S/C12H13ClO/c13-12(14)11(8-9-6-7-9)10-4-2-1-3-5-10/h1-5,9,11H,6-8H2. The molecule has 0 spiro atoms. The highest BCUT2D eigenvalue weighted by molar-refractivity contribution is 6.64. The van der Waals surface area contributed by atoms with Crippen molar-refractivity contribution in [3.8, 4) is 0 Å². The molecule has 1 aromatic carbocycles. The maximum atomic E-state index is 11.3. The van der Waals surface area contributed by atoms with Gasteiger partial charge in [-0.05, 0) is 29.5 Å². The number of benzene rings is 1. The molecule has 1 aliphatic rings. The Balaban J connectivity index is 2.13. The molecule has 1 unspecified atom stereocenters. The lowest BCUT2D eigenvalue weighted by Crippen LogP contribution is -2.07. The minimum atomic E-state index is -0.219. The molecule has 0 aliphatic heterocycles. The predicted octanol–water partition coefficient (Wildman–Crippen LogP) is 3.34. The maximum Gasteiger partial charge on any atom is 0.229 e. The van der Waals surface area contributed by atoms with Gasteiger partial charge in [0.05, 0.1) is 5.92 Å². The van der Waals surface area contributed by atoms with Gasteiger partial charge in [0.15, 0.2) is 0 Å². The molecule has 1 atom stereocenters. The second-order valence-electron chi connectivity index (χ2n) is 3.95. The van der Waals surface area contributed by atoms with Crippen molar-refractivity contribution in [1.82, 2.24) is 0 Å². The van der Waals surface area contributed by atoms with E-state index in [1.165, 1.54) is 12.8 Å². The second kappa shape index (κ2) is 4.14. The summed E-state index contributed by atoms with van der Waals surface area (Å²) in [7, 11) is 0. The summed E-state index contributed by atoms with van der Waals surface area (Å²) in [4.78, 5) is 11.3. The van der Waals surface area contributed by atoms with Crippen LogP contribution in [0.4, 0.5) is 0 Å². The Labute approximate surface area is 89.1 Å². The number of rotatable bonds is 4. The first-order valence-electron chi connectivity index (χ1n) is 5.01. The van der Waals surface area contributed by atoms with Crippen LogP contribution in [0.3, 0.4) is 0 Å². The topological polar surface area (TPSA) is 17.1 Å². The van der Waals surface area contributed by atoms with Gasteiger partial charge in [-0.15, -0.1) is 0 Å². The molecule has 0 amide bonds. The average molecular weight is 209 g/mol. The molecule has 0 heterocycles. The Morgan fingerprint density at radius 2 is 2.00 bits per heavy atom. The van der Waals surface area contributed by atoms with Gasteiger partial charge >= 0.3 is 0 Å². The van der Waals surface area contributed by atoms with Gasteiger partial charge in [-0.2, -0.15) is 0 Å². The highest BCUT2D eigenvalue weighted by Gasteiger charge is 2.29. The Kier molecular flexibility index (Phi) is 2.87. The lowest BCUT2D eigenvalue weighted by atomic mass is 9.95. The molecule has 1 aromatic rings. The molecule has 14 heavy (non-hydrogen) atoms. The molecule has 0 radical (unpaired) electrons. The summed E-state index contributed by atoms with van der Waals surface area (Å²) in [5.74, 6) is 0.633. The normalized spacial score (nSPS) is 17.8. The molecule has 2 heteroatoms. The maximum absolute atomic E-state index is 11.3. The van der Waals surface area contributed by atoms with Crippen LogP contribution in [0, 0.1) is 5.92 Å². The molecule has 1 aliphatic carbocycles. The average Bonchev–Trinajstić information content (AvgIpc) is 2.99. The first kappa shape index (κ1) is 9.72. The fourth-order valence-electron chi connectivity index (χ4n) is 1.73. The quantitative estimate of drug-likeness (QED) is 0.694. The third kappa shape index (κ3) is 2.36. The van der Waals surface area contributed by atoms with Crippen LogP contribution in [-0.4, -0.2) is 5.24 Å². The van der Waals surface area contributed by atoms with Crippen molar-refractivity contribution < 1.29 is 4.79 Å². The van der Waals surface area contributed by atoms with Crippen LogP contribution in [0.2, 0.25) is 0 Å². The van der Waals surface area contributed by atoms with E-state index in [1.54, 1.807) is 0 Å². The van der Waals surface area contributed by atoms with Crippen molar-refractivity contribution in [2.24, 2.45) is 5.92 Å². The summed E-state index contributed by atoms with van der Waals surface area (Å²) in [6.45, 7) is 0. The van der Waals surface area contributed by atoms with Gasteiger partial charge < -0.3 is 0 Å². The minimum Gasteiger partial charge on any atom is -0.281 e. The van der Waals surface area contributed by atoms with Crippen molar-refractivity contribution in [2.45, 2.75) is 25.2 Å². The van der Waals surface area contributed by atoms with Gasteiger partial charge in [0, 0.05) is 0 Å². The Morgan fingerprint density at radius 3 is 2.50 bits per heavy atom. The van der Waals surface area contributed by atoms with E-state index in [-0.39, 0.29) is 11.2 Å². The van der Waals surface area contributed by atoms with Gasteiger partial charge in [-0.1, -0.05) is 43.2 Å². The number of halogens is 1. The minimum absolute atomic E-state index is 0.0923. The van der Waals surface area contributed by atoms with Crippen molar-refractivity contribution in [3.05, 3.63) is 35.9 Å². The Morgan fingerprint density at radius 1 is 1.36 bits per heavy atom. The van der Waals surface area contributed by atoms with Gasteiger partial charge in [-0.25, -0.2) is 0 Å². The lowest BCUT2D eigenvalue weighted by Gasteiger charge is -2.11. The molecule has 74 valence electrons. The summed E-state index contributed by atoms with van der Waals surface area (Å²) >= 11 is 5.61. The van der Waals surface area contributed by atoms with Gasteiger partial charge in [0.2, 0.25) is 5.24 Å². The Hall–Kier alpha value is -0.820. The zero-order valence-electron chi connectivity index (χ0n) is 7.95. The van der Waals surface area contributed by atoms with Crippen LogP contribution >= 0.6 is 11.6 Å². The molecule has 1 fully saturated rings. The summed E-state index contributed by atoms with van der Waals surface area (Å²) < 4.78 is 0. The number of carbonyl (C=O) groups is 1. The predicted molar refractivity (Wildman–Crippen MR) is 57.4 cm³/mol. The molecular weight excluding hydrogens is 196 g/mol. The van der Waals surface area contributed by atoms with Crippen LogP contribution < -0.4 is 0 Å². The van der Waals surface area contributed by atoms with Gasteiger partial charge in [0.1, 0.15) is 0 Å². The summed E-state index contributed by atoms with van der Waals surface area (Å²) in [6, 6.07) is 9.82. The largest absolute Gasteiger partial charge is 0.281 e. The zero-order chi connectivity index (χ0) is 9.97. The lowest BCUT2D eigenvalue weighted by molar-refractivity contribution is -0.113. The smallest absolute Gasteiger partial charge is 0.229 e. The SMILES string of the molecule is O=C(Cl)C(CC1CC1)c1ccccc1. The Bertz CT molecular complexity index is 316. The van der Waals surface area contributed by atoms with Crippen LogP contribution in [0.15, 0.2) is 30.3 Å². The highest BCUT2D eigenvalue weighted by atomic mass is 35.5. The van der Waals surface area contributed by atoms with Crippen molar-refractivity contribution in [2.75, 3.05) is 0 Å². The second-order valence-corrected chi connectivity index (χ2v) is 4.32. The zero-order valence-corrected chi connectivity index (χ0v) is 8.70. The number of hydrogen-bond acceptors (Lipinski definition) is 1. The molecular formula is C12H13ClO. The van der Waals surface area contributed by atoms with E-state index < -0.39 is 0 Å². The molecule has 0 bridgehead atoms. The van der Waals surface area contributed by atoms with Crippen molar-refractivity contribution >= 4 is 16.8 Å². The monoisotopic (exact) mass is 208 g/mol.